The van der Waals surface area contributed by atoms with E-state index in [1.54, 1.807) is 6.20 Å². The maximum Gasteiger partial charge on any atom is 0.254 e. The SMILES string of the molecule is O=C(CCCCN1Cc2ccccc2C1=O)NCCc1ccccn1. The molecule has 2 heterocycles. The van der Waals surface area contributed by atoms with Crippen LogP contribution in [0, 0.1) is 0 Å². The first-order valence-electron chi connectivity index (χ1n) is 8.78. The molecule has 2 aromatic rings. The van der Waals surface area contributed by atoms with Crippen molar-refractivity contribution >= 4 is 11.8 Å². The Morgan fingerprint density at radius 1 is 1.12 bits per heavy atom. The van der Waals surface area contributed by atoms with Crippen LogP contribution in [0.5, 0.6) is 0 Å². The number of amides is 2. The van der Waals surface area contributed by atoms with Gasteiger partial charge >= 0.3 is 0 Å². The quantitative estimate of drug-likeness (QED) is 0.753. The summed E-state index contributed by atoms with van der Waals surface area (Å²) in [5.74, 6) is 0.169. The summed E-state index contributed by atoms with van der Waals surface area (Å²) in [5.41, 5.74) is 2.89. The molecule has 1 aliphatic rings. The molecule has 1 aliphatic heterocycles. The lowest BCUT2D eigenvalue weighted by Gasteiger charge is -2.15. The smallest absolute Gasteiger partial charge is 0.254 e. The van der Waals surface area contributed by atoms with Crippen molar-refractivity contribution in [1.82, 2.24) is 15.2 Å². The fourth-order valence-corrected chi connectivity index (χ4v) is 3.05. The standard InChI is InChI=1S/C20H23N3O2/c24-19(22-13-11-17-8-3-5-12-21-17)10-4-6-14-23-15-16-7-1-2-9-18(16)20(23)25/h1-3,5,7-9,12H,4,6,10-11,13-15H2,(H,22,24). The van der Waals surface area contributed by atoms with Gasteiger partial charge in [-0.15, -0.1) is 0 Å². The van der Waals surface area contributed by atoms with Crippen molar-refractivity contribution in [3.63, 3.8) is 0 Å². The van der Waals surface area contributed by atoms with Crippen LogP contribution in [0.15, 0.2) is 48.7 Å². The minimum absolute atomic E-state index is 0.0620. The third kappa shape index (κ3) is 4.66. The normalized spacial score (nSPS) is 13.0. The molecule has 0 atom stereocenters. The molecule has 1 aromatic carbocycles. The zero-order chi connectivity index (χ0) is 17.5. The highest BCUT2D eigenvalue weighted by molar-refractivity contribution is 5.98. The van der Waals surface area contributed by atoms with Crippen LogP contribution >= 0.6 is 0 Å². The molecular formula is C20H23N3O2. The molecule has 0 saturated heterocycles. The molecule has 0 bridgehead atoms. The topological polar surface area (TPSA) is 62.3 Å². The lowest BCUT2D eigenvalue weighted by Crippen LogP contribution is -2.27. The fourth-order valence-electron chi connectivity index (χ4n) is 3.05. The lowest BCUT2D eigenvalue weighted by atomic mass is 10.1. The van der Waals surface area contributed by atoms with Gasteiger partial charge < -0.3 is 10.2 Å². The van der Waals surface area contributed by atoms with Gasteiger partial charge in [-0.25, -0.2) is 0 Å². The average Bonchev–Trinajstić information content (AvgIpc) is 2.96. The first-order chi connectivity index (χ1) is 12.2. The van der Waals surface area contributed by atoms with Gasteiger partial charge in [0.2, 0.25) is 5.91 Å². The fraction of sp³-hybridized carbons (Fsp3) is 0.350. The Kier molecular flexibility index (Phi) is 5.77. The number of nitrogens with one attached hydrogen (secondary N) is 1. The number of carbonyl (C=O) groups is 2. The highest BCUT2D eigenvalue weighted by atomic mass is 16.2. The molecule has 0 aliphatic carbocycles. The van der Waals surface area contributed by atoms with E-state index in [4.69, 9.17) is 0 Å². The van der Waals surface area contributed by atoms with Crippen LogP contribution in [-0.4, -0.2) is 34.8 Å². The first-order valence-corrected chi connectivity index (χ1v) is 8.78. The third-order valence-electron chi connectivity index (χ3n) is 4.41. The van der Waals surface area contributed by atoms with Gasteiger partial charge in [-0.2, -0.15) is 0 Å². The van der Waals surface area contributed by atoms with E-state index in [9.17, 15) is 9.59 Å². The molecule has 0 unspecified atom stereocenters. The van der Waals surface area contributed by atoms with Gasteiger partial charge in [0.25, 0.3) is 5.91 Å². The maximum absolute atomic E-state index is 12.2. The summed E-state index contributed by atoms with van der Waals surface area (Å²) in [4.78, 5) is 30.2. The minimum Gasteiger partial charge on any atom is -0.356 e. The van der Waals surface area contributed by atoms with Crippen LogP contribution in [0.2, 0.25) is 0 Å². The average molecular weight is 337 g/mol. The van der Waals surface area contributed by atoms with Gasteiger partial charge in [0.05, 0.1) is 0 Å². The van der Waals surface area contributed by atoms with Crippen molar-refractivity contribution in [3.8, 4) is 0 Å². The van der Waals surface area contributed by atoms with E-state index in [0.717, 1.165) is 36.1 Å². The Morgan fingerprint density at radius 2 is 1.96 bits per heavy atom. The summed E-state index contributed by atoms with van der Waals surface area (Å²) in [6, 6.07) is 13.5. The van der Waals surface area contributed by atoms with E-state index in [2.05, 4.69) is 10.3 Å². The first kappa shape index (κ1) is 17.1. The number of carbonyl (C=O) groups excluding carboxylic acids is 2. The van der Waals surface area contributed by atoms with Crippen LogP contribution in [-0.2, 0) is 17.8 Å². The number of nitrogens with zero attached hydrogens (tertiary/aromatic N) is 2. The zero-order valence-electron chi connectivity index (χ0n) is 14.3. The van der Waals surface area contributed by atoms with Gasteiger partial charge in [-0.05, 0) is 36.6 Å². The van der Waals surface area contributed by atoms with E-state index in [-0.39, 0.29) is 11.8 Å². The maximum atomic E-state index is 12.2. The van der Waals surface area contributed by atoms with Crippen molar-refractivity contribution in [2.75, 3.05) is 13.1 Å². The lowest BCUT2D eigenvalue weighted by molar-refractivity contribution is -0.121. The molecule has 5 nitrogen and oxygen atoms in total. The van der Waals surface area contributed by atoms with Gasteiger partial charge in [0.1, 0.15) is 0 Å². The summed E-state index contributed by atoms with van der Waals surface area (Å²) in [5, 5.41) is 2.92. The summed E-state index contributed by atoms with van der Waals surface area (Å²) >= 11 is 0. The van der Waals surface area contributed by atoms with Crippen LogP contribution in [0.1, 0.15) is 40.9 Å². The van der Waals surface area contributed by atoms with E-state index >= 15 is 0 Å². The Hall–Kier alpha value is -2.69. The Labute approximate surface area is 148 Å². The van der Waals surface area contributed by atoms with Gasteiger partial charge in [0.15, 0.2) is 0 Å². The predicted octanol–water partition coefficient (Wildman–Crippen LogP) is 2.57. The molecular weight excluding hydrogens is 314 g/mol. The molecule has 130 valence electrons. The van der Waals surface area contributed by atoms with Gasteiger partial charge in [-0.1, -0.05) is 24.3 Å². The summed E-state index contributed by atoms with van der Waals surface area (Å²) in [6.45, 7) is 2.00. The van der Waals surface area contributed by atoms with E-state index in [1.807, 2.05) is 47.4 Å². The van der Waals surface area contributed by atoms with E-state index < -0.39 is 0 Å². The summed E-state index contributed by atoms with van der Waals surface area (Å²) in [6.07, 6.45) is 4.63. The number of hydrogen-bond donors (Lipinski definition) is 1. The van der Waals surface area contributed by atoms with Crippen LogP contribution in [0.25, 0.3) is 0 Å². The number of pyridine rings is 1. The number of fused-ring (bicyclic) bond motifs is 1. The van der Waals surface area contributed by atoms with Crippen LogP contribution < -0.4 is 5.32 Å². The van der Waals surface area contributed by atoms with Crippen LogP contribution in [0.3, 0.4) is 0 Å². The van der Waals surface area contributed by atoms with Crippen molar-refractivity contribution in [1.29, 1.82) is 0 Å². The summed E-state index contributed by atoms with van der Waals surface area (Å²) in [7, 11) is 0. The second-order valence-electron chi connectivity index (χ2n) is 6.26. The number of aromatic nitrogens is 1. The molecule has 3 rings (SSSR count). The van der Waals surface area contributed by atoms with E-state index in [1.165, 1.54) is 0 Å². The van der Waals surface area contributed by atoms with Crippen molar-refractivity contribution in [2.45, 2.75) is 32.2 Å². The molecule has 5 heteroatoms. The second-order valence-corrected chi connectivity index (χ2v) is 6.26. The van der Waals surface area contributed by atoms with E-state index in [0.29, 0.717) is 26.1 Å². The second kappa shape index (κ2) is 8.42. The Balaban J connectivity index is 1.30. The third-order valence-corrected chi connectivity index (χ3v) is 4.41. The number of benzene rings is 1. The largest absolute Gasteiger partial charge is 0.356 e. The molecule has 0 radical (unpaired) electrons. The predicted molar refractivity (Wildman–Crippen MR) is 96.0 cm³/mol. The van der Waals surface area contributed by atoms with Gasteiger partial charge in [-0.3, -0.25) is 14.6 Å². The molecule has 1 aromatic heterocycles. The van der Waals surface area contributed by atoms with Gasteiger partial charge in [0, 0.05) is 49.9 Å². The molecule has 1 N–H and O–H groups in total. The summed E-state index contributed by atoms with van der Waals surface area (Å²) < 4.78 is 0. The Bertz CT molecular complexity index is 731. The van der Waals surface area contributed by atoms with Crippen molar-refractivity contribution in [2.24, 2.45) is 0 Å². The van der Waals surface area contributed by atoms with Crippen molar-refractivity contribution < 1.29 is 9.59 Å². The highest BCUT2D eigenvalue weighted by Gasteiger charge is 2.25. The molecule has 0 saturated carbocycles. The molecule has 2 amide bonds. The zero-order valence-corrected chi connectivity index (χ0v) is 14.3. The minimum atomic E-state index is 0.0620. The molecule has 0 spiro atoms. The Morgan fingerprint density at radius 3 is 2.76 bits per heavy atom. The number of hydrogen-bond acceptors (Lipinski definition) is 3. The van der Waals surface area contributed by atoms with Crippen molar-refractivity contribution in [3.05, 3.63) is 65.5 Å². The molecule has 0 fully saturated rings. The van der Waals surface area contributed by atoms with Crippen LogP contribution in [0.4, 0.5) is 0 Å². The number of rotatable bonds is 8. The molecule has 25 heavy (non-hydrogen) atoms. The monoisotopic (exact) mass is 337 g/mol. The number of unbranched alkanes of at least 4 members (excludes halogenated alkanes) is 1. The highest BCUT2D eigenvalue weighted by Crippen LogP contribution is 2.22.